The van der Waals surface area contributed by atoms with E-state index in [2.05, 4.69) is 103 Å². The molecule has 1 heterocycles. The molecule has 236 valence electrons. The van der Waals surface area contributed by atoms with Gasteiger partial charge in [0.05, 0.1) is 18.8 Å². The third kappa shape index (κ3) is 7.54. The van der Waals surface area contributed by atoms with Crippen LogP contribution in [0.2, 0.25) is 0 Å². The van der Waals surface area contributed by atoms with Gasteiger partial charge in [-0.25, -0.2) is 0 Å². The number of amides is 1. The van der Waals surface area contributed by atoms with E-state index in [-0.39, 0.29) is 30.8 Å². The minimum absolute atomic E-state index is 0.0140. The molecule has 0 aliphatic carbocycles. The first kappa shape index (κ1) is 31.6. The van der Waals surface area contributed by atoms with E-state index in [0.29, 0.717) is 6.54 Å². The molecule has 6 nitrogen and oxygen atoms in total. The zero-order valence-corrected chi connectivity index (χ0v) is 26.7. The number of nitrogens with zero attached hydrogens (tertiary/aromatic N) is 1. The van der Waals surface area contributed by atoms with Crippen molar-refractivity contribution < 1.29 is 19.4 Å². The molecule has 0 spiro atoms. The van der Waals surface area contributed by atoms with Crippen LogP contribution in [0.15, 0.2) is 115 Å². The maximum Gasteiger partial charge on any atom is 0.217 e. The van der Waals surface area contributed by atoms with Crippen LogP contribution in [0.1, 0.15) is 66.5 Å². The number of fused-ring (bicyclic) bond motifs is 1. The smallest absolute Gasteiger partial charge is 0.217 e. The standard InChI is InChI=1S/C40H42N2O4/c1-27(35-20-17-31-8-4-5-9-37(31)22-35)42(3)25-38-23-39(33-13-11-29(26-43)12-14-33)46-40(45-38)34-18-15-32(16-19-34)36-10-6-7-30(21-36)24-41-28(2)44/h4-22,27,38-40,43H,23-26H2,1-3H3,(H,41,44). The molecule has 1 fully saturated rings. The van der Waals surface area contributed by atoms with Crippen molar-refractivity contribution in [2.45, 2.75) is 58.0 Å². The predicted molar refractivity (Wildman–Crippen MR) is 183 cm³/mol. The summed E-state index contributed by atoms with van der Waals surface area (Å²) in [6.07, 6.45) is -0.000703. The second-order valence-electron chi connectivity index (χ2n) is 12.3. The molecule has 46 heavy (non-hydrogen) atoms. The van der Waals surface area contributed by atoms with Gasteiger partial charge in [0, 0.05) is 38.0 Å². The molecule has 6 rings (SSSR count). The van der Waals surface area contributed by atoms with E-state index in [9.17, 15) is 9.90 Å². The summed E-state index contributed by atoms with van der Waals surface area (Å²) >= 11 is 0. The summed E-state index contributed by atoms with van der Waals surface area (Å²) in [4.78, 5) is 13.7. The molecule has 0 radical (unpaired) electrons. The molecule has 0 bridgehead atoms. The normalized spacial score (nSPS) is 18.8. The first-order valence-corrected chi connectivity index (χ1v) is 16.0. The summed E-state index contributed by atoms with van der Waals surface area (Å²) in [6.45, 7) is 5.04. The van der Waals surface area contributed by atoms with Crippen molar-refractivity contribution in [3.05, 3.63) is 143 Å². The number of benzene rings is 5. The average Bonchev–Trinajstić information content (AvgIpc) is 3.10. The van der Waals surface area contributed by atoms with Gasteiger partial charge < -0.3 is 19.9 Å². The van der Waals surface area contributed by atoms with E-state index >= 15 is 0 Å². The molecule has 0 aromatic heterocycles. The Hall–Kier alpha value is -4.33. The molecule has 1 aliphatic heterocycles. The largest absolute Gasteiger partial charge is 0.392 e. The van der Waals surface area contributed by atoms with Gasteiger partial charge in [-0.2, -0.15) is 0 Å². The van der Waals surface area contributed by atoms with Crippen LogP contribution in [-0.4, -0.2) is 35.6 Å². The quantitative estimate of drug-likeness (QED) is 0.168. The van der Waals surface area contributed by atoms with Gasteiger partial charge in [0.15, 0.2) is 6.29 Å². The number of aliphatic hydroxyl groups excluding tert-OH is 1. The Morgan fingerprint density at radius 3 is 2.30 bits per heavy atom. The maximum absolute atomic E-state index is 11.4. The van der Waals surface area contributed by atoms with E-state index in [0.717, 1.165) is 46.3 Å². The molecule has 1 aliphatic rings. The molecule has 1 saturated heterocycles. The highest BCUT2D eigenvalue weighted by molar-refractivity contribution is 5.83. The average molecular weight is 615 g/mol. The molecule has 6 heteroatoms. The summed E-state index contributed by atoms with van der Waals surface area (Å²) in [6, 6.07) is 40.0. The van der Waals surface area contributed by atoms with Gasteiger partial charge in [-0.15, -0.1) is 0 Å². The predicted octanol–water partition coefficient (Wildman–Crippen LogP) is 7.87. The van der Waals surface area contributed by atoms with E-state index < -0.39 is 6.29 Å². The molecular formula is C40H42N2O4. The molecule has 4 atom stereocenters. The Labute approximate surface area is 271 Å². The molecule has 2 N–H and O–H groups in total. The van der Waals surface area contributed by atoms with Crippen LogP contribution in [0, 0.1) is 0 Å². The lowest BCUT2D eigenvalue weighted by Gasteiger charge is -2.39. The number of aliphatic hydroxyl groups is 1. The van der Waals surface area contributed by atoms with Crippen LogP contribution < -0.4 is 5.32 Å². The van der Waals surface area contributed by atoms with Crippen molar-refractivity contribution in [3.63, 3.8) is 0 Å². The highest BCUT2D eigenvalue weighted by atomic mass is 16.7. The number of carbonyl (C=O) groups is 1. The third-order valence-corrected chi connectivity index (χ3v) is 9.01. The van der Waals surface area contributed by atoms with Crippen LogP contribution in [0.5, 0.6) is 0 Å². The van der Waals surface area contributed by atoms with E-state index in [1.54, 1.807) is 0 Å². The van der Waals surface area contributed by atoms with Crippen LogP contribution in [-0.2, 0) is 27.4 Å². The van der Waals surface area contributed by atoms with Crippen molar-refractivity contribution in [3.8, 4) is 11.1 Å². The number of hydrogen-bond acceptors (Lipinski definition) is 5. The lowest BCUT2D eigenvalue weighted by atomic mass is 9.98. The van der Waals surface area contributed by atoms with Crippen molar-refractivity contribution >= 4 is 16.7 Å². The van der Waals surface area contributed by atoms with Crippen LogP contribution >= 0.6 is 0 Å². The highest BCUT2D eigenvalue weighted by Gasteiger charge is 2.33. The van der Waals surface area contributed by atoms with Gasteiger partial charge in [-0.1, -0.05) is 103 Å². The van der Waals surface area contributed by atoms with Crippen LogP contribution in [0.4, 0.5) is 0 Å². The Bertz CT molecular complexity index is 1770. The Balaban J connectivity index is 1.21. The monoisotopic (exact) mass is 614 g/mol. The number of rotatable bonds is 10. The molecule has 4 unspecified atom stereocenters. The minimum Gasteiger partial charge on any atom is -0.392 e. The number of hydrogen-bond donors (Lipinski definition) is 2. The van der Waals surface area contributed by atoms with Gasteiger partial charge in [-0.05, 0) is 70.3 Å². The molecule has 1 amide bonds. The van der Waals surface area contributed by atoms with Crippen LogP contribution in [0.3, 0.4) is 0 Å². The van der Waals surface area contributed by atoms with Gasteiger partial charge in [0.25, 0.3) is 0 Å². The topological polar surface area (TPSA) is 71.0 Å². The fraction of sp³-hybridized carbons (Fsp3) is 0.275. The SMILES string of the molecule is CC(=O)NCc1cccc(-c2ccc(C3OC(CN(C)C(C)c4ccc5ccccc5c4)CC(c4ccc(CO)cc4)O3)cc2)c1. The molecular weight excluding hydrogens is 572 g/mol. The Morgan fingerprint density at radius 2 is 1.57 bits per heavy atom. The lowest BCUT2D eigenvalue weighted by molar-refractivity contribution is -0.253. The number of likely N-dealkylation sites (N-methyl/N-ethyl adjacent to an activating group) is 1. The van der Waals surface area contributed by atoms with Crippen molar-refractivity contribution in [1.29, 1.82) is 0 Å². The summed E-state index contributed by atoms with van der Waals surface area (Å²) in [5, 5.41) is 14.9. The van der Waals surface area contributed by atoms with Crippen molar-refractivity contribution in [2.75, 3.05) is 13.6 Å². The van der Waals surface area contributed by atoms with E-state index in [1.165, 1.54) is 23.3 Å². The zero-order chi connectivity index (χ0) is 32.0. The number of nitrogens with one attached hydrogen (secondary N) is 1. The summed E-state index contributed by atoms with van der Waals surface area (Å²) < 4.78 is 13.3. The fourth-order valence-corrected chi connectivity index (χ4v) is 6.15. The molecule has 5 aromatic rings. The van der Waals surface area contributed by atoms with Gasteiger partial charge in [0.2, 0.25) is 5.91 Å². The highest BCUT2D eigenvalue weighted by Crippen LogP contribution is 2.39. The Kier molecular flexibility index (Phi) is 9.91. The van der Waals surface area contributed by atoms with Crippen molar-refractivity contribution in [1.82, 2.24) is 10.2 Å². The third-order valence-electron chi connectivity index (χ3n) is 9.01. The summed E-state index contributed by atoms with van der Waals surface area (Å²) in [7, 11) is 2.16. The molecule has 5 aromatic carbocycles. The summed E-state index contributed by atoms with van der Waals surface area (Å²) in [5.41, 5.74) is 7.42. The zero-order valence-electron chi connectivity index (χ0n) is 26.7. The second-order valence-corrected chi connectivity index (χ2v) is 12.3. The Morgan fingerprint density at radius 1 is 0.826 bits per heavy atom. The van der Waals surface area contributed by atoms with Gasteiger partial charge in [0.1, 0.15) is 0 Å². The van der Waals surface area contributed by atoms with Crippen molar-refractivity contribution in [2.24, 2.45) is 0 Å². The maximum atomic E-state index is 11.4. The lowest BCUT2D eigenvalue weighted by Crippen LogP contribution is -2.38. The first-order valence-electron chi connectivity index (χ1n) is 16.0. The first-order chi connectivity index (χ1) is 22.4. The van der Waals surface area contributed by atoms with Crippen LogP contribution in [0.25, 0.3) is 21.9 Å². The van der Waals surface area contributed by atoms with Gasteiger partial charge in [-0.3, -0.25) is 9.69 Å². The van der Waals surface area contributed by atoms with Gasteiger partial charge >= 0.3 is 0 Å². The second kappa shape index (κ2) is 14.4. The minimum atomic E-state index is -0.522. The number of ether oxygens (including phenoxy) is 2. The number of carbonyl (C=O) groups excluding carboxylic acids is 1. The fourth-order valence-electron chi connectivity index (χ4n) is 6.15. The van der Waals surface area contributed by atoms with E-state index in [4.69, 9.17) is 9.47 Å². The summed E-state index contributed by atoms with van der Waals surface area (Å²) in [5.74, 6) is -0.0440. The molecule has 0 saturated carbocycles. The van der Waals surface area contributed by atoms with E-state index in [1.807, 2.05) is 36.4 Å².